The number of nitrogens with two attached hydrogens (primary N) is 1. The van der Waals surface area contributed by atoms with E-state index in [-0.39, 0.29) is 18.4 Å². The molecule has 0 saturated carbocycles. The van der Waals surface area contributed by atoms with Gasteiger partial charge in [-0.1, -0.05) is 0 Å². The summed E-state index contributed by atoms with van der Waals surface area (Å²) in [6.45, 7) is -0.222. The lowest BCUT2D eigenvalue weighted by molar-refractivity contribution is -0.118. The van der Waals surface area contributed by atoms with Gasteiger partial charge < -0.3 is 10.6 Å². The van der Waals surface area contributed by atoms with Crippen LogP contribution < -0.4 is 5.73 Å². The fourth-order valence-corrected chi connectivity index (χ4v) is 2.90. The van der Waals surface area contributed by atoms with Crippen LogP contribution in [0.15, 0.2) is 18.2 Å². The highest BCUT2D eigenvalue weighted by molar-refractivity contribution is 14.1. The molecule has 102 valence electrons. The summed E-state index contributed by atoms with van der Waals surface area (Å²) in [6.07, 6.45) is 0.343. The topological polar surface area (TPSA) is 63.4 Å². The Hall–Kier alpha value is -1.18. The van der Waals surface area contributed by atoms with Crippen molar-refractivity contribution in [2.75, 3.05) is 19.8 Å². The minimum absolute atomic E-state index is 0.0771. The Morgan fingerprint density at radius 1 is 1.53 bits per heavy atom. The van der Waals surface area contributed by atoms with Crippen molar-refractivity contribution in [3.8, 4) is 0 Å². The number of benzene rings is 1. The maximum atomic E-state index is 12.7. The van der Waals surface area contributed by atoms with E-state index in [0.717, 1.165) is 9.13 Å². The van der Waals surface area contributed by atoms with Crippen molar-refractivity contribution in [3.63, 3.8) is 0 Å². The predicted molar refractivity (Wildman–Crippen MR) is 77.6 cm³/mol. The van der Waals surface area contributed by atoms with Gasteiger partial charge in [-0.2, -0.15) is 0 Å². The quantitative estimate of drug-likeness (QED) is 0.813. The fraction of sp³-hybridized carbons (Fsp3) is 0.385. The Kier molecular flexibility index (Phi) is 4.38. The summed E-state index contributed by atoms with van der Waals surface area (Å²) in [5.74, 6) is -0.839. The van der Waals surface area contributed by atoms with E-state index in [1.807, 2.05) is 12.1 Å². The number of nitrogens with zero attached hydrogens (tertiary/aromatic N) is 1. The molecule has 6 heteroatoms. The maximum Gasteiger partial charge on any atom is 0.254 e. The lowest BCUT2D eigenvalue weighted by Gasteiger charge is -2.33. The van der Waals surface area contributed by atoms with Crippen molar-refractivity contribution in [3.05, 3.63) is 32.9 Å². The van der Waals surface area contributed by atoms with Crippen LogP contribution in [-0.4, -0.2) is 36.5 Å². The van der Waals surface area contributed by atoms with Crippen molar-refractivity contribution in [1.82, 2.24) is 4.90 Å². The van der Waals surface area contributed by atoms with E-state index in [2.05, 4.69) is 22.6 Å². The molecule has 0 aromatic heterocycles. The van der Waals surface area contributed by atoms with Gasteiger partial charge in [-0.3, -0.25) is 14.0 Å². The van der Waals surface area contributed by atoms with Crippen LogP contribution in [0.2, 0.25) is 0 Å². The predicted octanol–water partition coefficient (Wildman–Crippen LogP) is 1.68. The van der Waals surface area contributed by atoms with Crippen LogP contribution >= 0.6 is 22.6 Å². The maximum absolute atomic E-state index is 12.7. The van der Waals surface area contributed by atoms with Gasteiger partial charge in [-0.15, -0.1) is 0 Å². The third kappa shape index (κ3) is 3.05. The van der Waals surface area contributed by atoms with E-state index in [9.17, 15) is 14.0 Å². The smallest absolute Gasteiger partial charge is 0.254 e. The molecule has 4 nitrogen and oxygen atoms in total. The standard InChI is InChI=1S/C13H14FIN2O2/c14-4-3-8-6-17(7-12(16)18)13(19)10-2-1-9(15)5-11(8)10/h1-2,5,8H,3-4,6-7H2,(H2,16,18). The van der Waals surface area contributed by atoms with E-state index >= 15 is 0 Å². The van der Waals surface area contributed by atoms with Crippen LogP contribution in [0.3, 0.4) is 0 Å². The van der Waals surface area contributed by atoms with Crippen molar-refractivity contribution in [2.24, 2.45) is 5.73 Å². The molecule has 2 N–H and O–H groups in total. The number of carbonyl (C=O) groups excluding carboxylic acids is 2. The van der Waals surface area contributed by atoms with Gasteiger partial charge in [-0.05, 0) is 52.8 Å². The van der Waals surface area contributed by atoms with E-state index in [1.165, 1.54) is 4.90 Å². The minimum Gasteiger partial charge on any atom is -0.368 e. The van der Waals surface area contributed by atoms with E-state index in [4.69, 9.17) is 5.73 Å². The Bertz CT molecular complexity index is 521. The SMILES string of the molecule is NC(=O)CN1CC(CCF)c2cc(I)ccc2C1=O. The number of hydrogen-bond acceptors (Lipinski definition) is 2. The van der Waals surface area contributed by atoms with Crippen LogP contribution in [0.5, 0.6) is 0 Å². The minimum atomic E-state index is -0.554. The van der Waals surface area contributed by atoms with E-state index in [0.29, 0.717) is 18.5 Å². The van der Waals surface area contributed by atoms with Crippen LogP contribution in [0, 0.1) is 3.57 Å². The van der Waals surface area contributed by atoms with Gasteiger partial charge in [-0.25, -0.2) is 0 Å². The van der Waals surface area contributed by atoms with Gasteiger partial charge in [0.2, 0.25) is 5.91 Å². The first-order valence-electron chi connectivity index (χ1n) is 5.96. The molecule has 0 saturated heterocycles. The van der Waals surface area contributed by atoms with Gasteiger partial charge in [0.15, 0.2) is 0 Å². The molecule has 1 heterocycles. The second-order valence-corrected chi connectivity index (χ2v) is 5.80. The van der Waals surface area contributed by atoms with Crippen molar-refractivity contribution in [2.45, 2.75) is 12.3 Å². The van der Waals surface area contributed by atoms with Gasteiger partial charge in [0.25, 0.3) is 5.91 Å². The molecule has 0 fully saturated rings. The molecule has 1 atom stereocenters. The number of amides is 2. The number of carbonyl (C=O) groups is 2. The van der Waals surface area contributed by atoms with Crippen LogP contribution in [-0.2, 0) is 4.79 Å². The fourth-order valence-electron chi connectivity index (χ4n) is 2.39. The highest BCUT2D eigenvalue weighted by atomic mass is 127. The van der Waals surface area contributed by atoms with Gasteiger partial charge in [0, 0.05) is 21.6 Å². The van der Waals surface area contributed by atoms with Crippen molar-refractivity contribution in [1.29, 1.82) is 0 Å². The summed E-state index contributed by atoms with van der Waals surface area (Å²) in [5, 5.41) is 0. The Morgan fingerprint density at radius 3 is 2.89 bits per heavy atom. The highest BCUT2D eigenvalue weighted by Crippen LogP contribution is 2.31. The van der Waals surface area contributed by atoms with Gasteiger partial charge in [0.1, 0.15) is 0 Å². The average Bonchev–Trinajstić information content (AvgIpc) is 2.34. The molecule has 1 aliphatic rings. The molecule has 2 amide bonds. The number of primary amides is 1. The van der Waals surface area contributed by atoms with E-state index < -0.39 is 12.6 Å². The lowest BCUT2D eigenvalue weighted by atomic mass is 9.87. The Morgan fingerprint density at radius 2 is 2.26 bits per heavy atom. The number of hydrogen-bond donors (Lipinski definition) is 1. The molecule has 1 aromatic rings. The molecule has 0 aliphatic carbocycles. The monoisotopic (exact) mass is 376 g/mol. The highest BCUT2D eigenvalue weighted by Gasteiger charge is 2.31. The molecule has 0 radical (unpaired) electrons. The molecular weight excluding hydrogens is 362 g/mol. The normalized spacial score (nSPS) is 18.3. The van der Waals surface area contributed by atoms with Crippen LogP contribution in [0.1, 0.15) is 28.3 Å². The number of alkyl halides is 1. The second-order valence-electron chi connectivity index (χ2n) is 4.56. The molecule has 0 spiro atoms. The van der Waals surface area contributed by atoms with Crippen molar-refractivity contribution >= 4 is 34.4 Å². The van der Waals surface area contributed by atoms with Crippen molar-refractivity contribution < 1.29 is 14.0 Å². The first-order valence-corrected chi connectivity index (χ1v) is 7.03. The summed E-state index contributed by atoms with van der Waals surface area (Å²) in [5.41, 5.74) is 6.56. The first-order chi connectivity index (χ1) is 9.02. The molecule has 2 rings (SSSR count). The van der Waals surface area contributed by atoms with Crippen LogP contribution in [0.4, 0.5) is 4.39 Å². The zero-order chi connectivity index (χ0) is 14.0. The summed E-state index contributed by atoms with van der Waals surface area (Å²) in [7, 11) is 0. The van der Waals surface area contributed by atoms with Gasteiger partial charge >= 0.3 is 0 Å². The van der Waals surface area contributed by atoms with Crippen LogP contribution in [0.25, 0.3) is 0 Å². The zero-order valence-electron chi connectivity index (χ0n) is 10.2. The zero-order valence-corrected chi connectivity index (χ0v) is 12.4. The third-order valence-electron chi connectivity index (χ3n) is 3.22. The molecule has 1 aliphatic heterocycles. The molecule has 1 unspecified atom stereocenters. The molecule has 19 heavy (non-hydrogen) atoms. The molecular formula is C13H14FIN2O2. The second kappa shape index (κ2) is 5.85. The summed E-state index contributed by atoms with van der Waals surface area (Å²) < 4.78 is 13.7. The largest absolute Gasteiger partial charge is 0.368 e. The molecule has 0 bridgehead atoms. The lowest BCUT2D eigenvalue weighted by Crippen LogP contribution is -2.44. The van der Waals surface area contributed by atoms with E-state index in [1.54, 1.807) is 6.07 Å². The summed E-state index contributed by atoms with van der Waals surface area (Å²) >= 11 is 2.16. The number of fused-ring (bicyclic) bond motifs is 1. The number of rotatable bonds is 4. The average molecular weight is 376 g/mol. The van der Waals surface area contributed by atoms with Gasteiger partial charge in [0.05, 0.1) is 13.2 Å². The summed E-state index contributed by atoms with van der Waals surface area (Å²) in [6, 6.07) is 5.48. The molecule has 1 aromatic carbocycles. The number of halogens is 2. The Labute approximate surface area is 124 Å². The third-order valence-corrected chi connectivity index (χ3v) is 3.89. The Balaban J connectivity index is 2.38. The first kappa shape index (κ1) is 14.2. The summed E-state index contributed by atoms with van der Waals surface area (Å²) in [4.78, 5) is 24.6.